The van der Waals surface area contributed by atoms with E-state index in [1.54, 1.807) is 67.5 Å². The molecule has 1 fully saturated rings. The Morgan fingerprint density at radius 2 is 0.872 bits per heavy atom. The third-order valence-electron chi connectivity index (χ3n) is 16.1. The minimum Gasteiger partial charge on any atom is -0.391 e. The molecular weight excluding hydrogens is 1120 g/mol. The molecule has 86 heavy (non-hydrogen) atoms. The molecule has 0 radical (unpaired) electrons. The molecule has 6 N–H and O–H groups in total. The maximum Gasteiger partial charge on any atom is 0.248 e. The summed E-state index contributed by atoms with van der Waals surface area (Å²) in [7, 11) is 9.84. The first-order chi connectivity index (χ1) is 39.6. The van der Waals surface area contributed by atoms with Gasteiger partial charge in [-0.3, -0.25) is 47.9 Å². The van der Waals surface area contributed by atoms with Crippen LogP contribution in [0.2, 0.25) is 0 Å². The van der Waals surface area contributed by atoms with E-state index in [1.807, 2.05) is 55.4 Å². The van der Waals surface area contributed by atoms with Crippen LogP contribution in [0.3, 0.4) is 0 Å². The highest BCUT2D eigenvalue weighted by Crippen LogP contribution is 2.26. The average molecular weight is 1230 g/mol. The third-order valence-corrected chi connectivity index (χ3v) is 16.6. The monoisotopic (exact) mass is 1230 g/mol. The summed E-state index contributed by atoms with van der Waals surface area (Å²) in [6, 6.07) is -12.3. The van der Waals surface area contributed by atoms with Crippen LogP contribution in [0.15, 0.2) is 12.2 Å². The van der Waals surface area contributed by atoms with Gasteiger partial charge in [-0.15, -0.1) is 0 Å². The van der Waals surface area contributed by atoms with Gasteiger partial charge in [-0.05, 0) is 101 Å². The Labute approximate surface area is 519 Å². The molecule has 0 aromatic rings. The largest absolute Gasteiger partial charge is 0.391 e. The molecular formula is C62H111N11O12S. The number of carbonyl (C=O) groups excluding carboxylic acids is 10. The number of nitrogens with one attached hydrogen (secondary N) is 4. The summed E-state index contributed by atoms with van der Waals surface area (Å²) in [5, 5.41) is 34.6. The van der Waals surface area contributed by atoms with Crippen LogP contribution in [-0.4, -0.2) is 237 Å². The normalized spacial score (nSPS) is 27.1. The summed E-state index contributed by atoms with van der Waals surface area (Å²) >= 11 is 5.77. The van der Waals surface area contributed by atoms with Crippen molar-refractivity contribution >= 4 is 76.3 Å². The SMILES string of the molecule is C/C=C/CC(C)C(O)[C@@H]1C(=O)N[C@@H]([C@@H](C)O)C(=O)N(C)CC(=O)N(C)[C@@H](CC(C)C)C(=O)N[C@@H](C(C)C)C(=O)N(C)[C@@H](CC(C)C)C(=O)N[C@H](C)C(=S)N[C@@H](C)C(=O)N(C)[C@@H](CC(C)C)C(=O)N(C)[C@@H](CC(C)C)C(=O)N(C)[C@@H](C(C)C)C(=O)N1C. The highest BCUT2D eigenvalue weighted by molar-refractivity contribution is 7.80. The van der Waals surface area contributed by atoms with E-state index in [0.717, 1.165) is 9.80 Å². The second kappa shape index (κ2) is 35.3. The predicted molar refractivity (Wildman–Crippen MR) is 337 cm³/mol. The van der Waals surface area contributed by atoms with Crippen LogP contribution >= 0.6 is 12.2 Å². The number of amides is 10. The molecule has 0 aromatic heterocycles. The smallest absolute Gasteiger partial charge is 0.248 e. The van der Waals surface area contributed by atoms with E-state index in [1.165, 1.54) is 80.8 Å². The molecule has 0 bridgehead atoms. The van der Waals surface area contributed by atoms with Gasteiger partial charge in [0.15, 0.2) is 0 Å². The van der Waals surface area contributed by atoms with Gasteiger partial charge in [0, 0.05) is 49.3 Å². The summed E-state index contributed by atoms with van der Waals surface area (Å²) in [4.78, 5) is 155. The first kappa shape index (κ1) is 78.3. The van der Waals surface area contributed by atoms with Crippen molar-refractivity contribution in [2.24, 2.45) is 41.4 Å². The molecule has 1 aliphatic rings. The van der Waals surface area contributed by atoms with Crippen molar-refractivity contribution in [2.75, 3.05) is 55.9 Å². The summed E-state index contributed by atoms with van der Waals surface area (Å²) in [6.45, 7) is 29.2. The van der Waals surface area contributed by atoms with E-state index >= 15 is 9.59 Å². The maximum absolute atomic E-state index is 15.2. The lowest BCUT2D eigenvalue weighted by Gasteiger charge is -2.41. The number of allylic oxidation sites excluding steroid dienone is 2. The Morgan fingerprint density at radius 3 is 1.31 bits per heavy atom. The first-order valence-electron chi connectivity index (χ1n) is 30.6. The van der Waals surface area contributed by atoms with Gasteiger partial charge in [-0.2, -0.15) is 0 Å². The van der Waals surface area contributed by atoms with Crippen LogP contribution in [-0.2, 0) is 47.9 Å². The highest BCUT2D eigenvalue weighted by Gasteiger charge is 2.46. The van der Waals surface area contributed by atoms with Gasteiger partial charge in [0.25, 0.3) is 0 Å². The van der Waals surface area contributed by atoms with Crippen molar-refractivity contribution in [3.8, 4) is 0 Å². The lowest BCUT2D eigenvalue weighted by Crippen LogP contribution is -2.64. The second-order valence-corrected chi connectivity index (χ2v) is 26.8. The molecule has 23 nitrogen and oxygen atoms in total. The Bertz CT molecular complexity index is 2370. The Hall–Kier alpha value is -5.75. The number of nitrogens with zero attached hydrogens (tertiary/aromatic N) is 7. The molecule has 2 unspecified atom stereocenters. The van der Waals surface area contributed by atoms with Gasteiger partial charge in [0.05, 0.1) is 29.8 Å². The van der Waals surface area contributed by atoms with Crippen LogP contribution in [0.25, 0.3) is 0 Å². The van der Waals surface area contributed by atoms with Crippen molar-refractivity contribution in [1.29, 1.82) is 0 Å². The van der Waals surface area contributed by atoms with Gasteiger partial charge in [-0.1, -0.05) is 114 Å². The average Bonchev–Trinajstić information content (AvgIpc) is 2.16. The van der Waals surface area contributed by atoms with E-state index in [9.17, 15) is 48.6 Å². The zero-order valence-electron chi connectivity index (χ0n) is 56.4. The van der Waals surface area contributed by atoms with Crippen molar-refractivity contribution in [3.63, 3.8) is 0 Å². The molecule has 1 saturated heterocycles. The van der Waals surface area contributed by atoms with E-state index in [2.05, 4.69) is 21.3 Å². The zero-order valence-corrected chi connectivity index (χ0v) is 57.2. The zero-order chi connectivity index (χ0) is 66.8. The molecule has 0 aromatic carbocycles. The number of aliphatic hydroxyl groups is 2. The van der Waals surface area contributed by atoms with Gasteiger partial charge in [0.1, 0.15) is 54.4 Å². The fraction of sp³-hybridized carbons (Fsp3) is 0.790. The van der Waals surface area contributed by atoms with Crippen molar-refractivity contribution in [2.45, 2.75) is 222 Å². The van der Waals surface area contributed by atoms with Crippen LogP contribution in [0.4, 0.5) is 0 Å². The van der Waals surface area contributed by atoms with E-state index in [0.29, 0.717) is 0 Å². The van der Waals surface area contributed by atoms with Gasteiger partial charge in [-0.25, -0.2) is 0 Å². The maximum atomic E-state index is 15.2. The minimum absolute atomic E-state index is 0.0889. The number of carbonyl (C=O) groups is 10. The van der Waals surface area contributed by atoms with Crippen molar-refractivity contribution < 1.29 is 58.2 Å². The number of thiocarbonyl (C=S) groups is 1. The molecule has 10 amide bonds. The first-order valence-corrected chi connectivity index (χ1v) is 31.0. The van der Waals surface area contributed by atoms with Gasteiger partial charge in [0.2, 0.25) is 59.1 Å². The van der Waals surface area contributed by atoms with Gasteiger partial charge < -0.3 is 65.8 Å². The van der Waals surface area contributed by atoms with Crippen molar-refractivity contribution in [1.82, 2.24) is 55.6 Å². The number of aliphatic hydroxyl groups excluding tert-OH is 2. The molecule has 0 aliphatic carbocycles. The van der Waals surface area contributed by atoms with Crippen LogP contribution in [0.1, 0.15) is 150 Å². The number of likely N-dealkylation sites (N-methyl/N-ethyl adjacent to an activating group) is 7. The highest BCUT2D eigenvalue weighted by atomic mass is 32.1. The Morgan fingerprint density at radius 1 is 0.465 bits per heavy atom. The summed E-state index contributed by atoms with van der Waals surface area (Å²) in [5.74, 6) is -9.24. The van der Waals surface area contributed by atoms with Crippen LogP contribution < -0.4 is 21.3 Å². The fourth-order valence-corrected chi connectivity index (χ4v) is 10.9. The number of hydrogen-bond donors (Lipinski definition) is 6. The Kier molecular flexibility index (Phi) is 32.1. The second-order valence-electron chi connectivity index (χ2n) is 26.4. The summed E-state index contributed by atoms with van der Waals surface area (Å²) < 4.78 is 0. The van der Waals surface area contributed by atoms with Crippen molar-refractivity contribution in [3.05, 3.63) is 12.2 Å². The number of rotatable bonds is 15. The molecule has 1 heterocycles. The predicted octanol–water partition coefficient (Wildman–Crippen LogP) is 3.04. The van der Waals surface area contributed by atoms with Crippen LogP contribution in [0, 0.1) is 41.4 Å². The molecule has 1 aliphatic heterocycles. The van der Waals surface area contributed by atoms with E-state index in [-0.39, 0.29) is 60.8 Å². The van der Waals surface area contributed by atoms with Gasteiger partial charge >= 0.3 is 0 Å². The van der Waals surface area contributed by atoms with E-state index < -0.39 is 156 Å². The third kappa shape index (κ3) is 21.8. The number of hydrogen-bond acceptors (Lipinski definition) is 13. The Balaban J connectivity index is 4.37. The molecule has 1 rings (SSSR count). The van der Waals surface area contributed by atoms with E-state index in [4.69, 9.17) is 12.2 Å². The molecule has 13 atom stereocenters. The quantitative estimate of drug-likeness (QED) is 0.102. The standard InChI is InChI=1S/C62H111N11O12S/c1-25-26-27-39(14)52(76)51-55(79)66-49(42(17)74)60(83)67(18)32-47(75)68(19)43(28-33(2)3)54(78)65-48(37(10)11)61(84)69(20)44(29-34(4)5)53(77)63-40(15)56(86)64-41(16)57(80)70(21)45(30-35(6)7)58(81)71(22)46(31-36(8)9)59(82)72(23)50(38(12)13)62(85)73(51)24/h25-26,33-46,48-52,74,76H,27-32H2,1-24H3,(H,63,77)(H,64,86)(H,65,78)(H,66,79)/b26-25+/t39?,40-,41+,42-,43+,44+,45+,46+,48+,49+,50+,51-,52?/m1/s1. The lowest BCUT2D eigenvalue weighted by atomic mass is 9.91. The topological polar surface area (TPSA) is 282 Å². The molecule has 492 valence electrons. The minimum atomic E-state index is -1.73. The summed E-state index contributed by atoms with van der Waals surface area (Å²) in [6.07, 6.45) is 1.32. The summed E-state index contributed by atoms with van der Waals surface area (Å²) in [5.41, 5.74) is 0. The molecule has 0 spiro atoms. The molecule has 0 saturated carbocycles. The lowest BCUT2D eigenvalue weighted by molar-refractivity contribution is -0.157. The fourth-order valence-electron chi connectivity index (χ4n) is 10.7. The van der Waals surface area contributed by atoms with Crippen LogP contribution in [0.5, 0.6) is 0 Å². The molecule has 24 heteroatoms.